The van der Waals surface area contributed by atoms with Crippen LogP contribution in [0.1, 0.15) is 11.3 Å². The fourth-order valence-corrected chi connectivity index (χ4v) is 3.85. The van der Waals surface area contributed by atoms with Gasteiger partial charge in [0.1, 0.15) is 17.1 Å². The largest absolute Gasteiger partial charge is 0.484 e. The highest BCUT2D eigenvalue weighted by molar-refractivity contribution is 8.09. The van der Waals surface area contributed by atoms with Crippen LogP contribution in [-0.4, -0.2) is 23.3 Å². The Morgan fingerprint density at radius 3 is 2.56 bits per heavy atom. The highest BCUT2D eigenvalue weighted by Gasteiger charge is 2.33. The molecule has 2 aromatic rings. The van der Waals surface area contributed by atoms with Crippen molar-refractivity contribution in [3.05, 3.63) is 58.6 Å². The lowest BCUT2D eigenvalue weighted by Crippen LogP contribution is -2.37. The molecule has 2 heterocycles. The summed E-state index contributed by atoms with van der Waals surface area (Å²) in [7, 11) is 0. The Morgan fingerprint density at radius 2 is 1.93 bits per heavy atom. The number of aromatic nitrogens is 1. The van der Waals surface area contributed by atoms with E-state index in [0.29, 0.717) is 27.0 Å². The number of nitrogens with zero attached hydrogens (tertiary/aromatic N) is 2. The van der Waals surface area contributed by atoms with Crippen LogP contribution in [0.4, 0.5) is 18.9 Å². The van der Waals surface area contributed by atoms with Crippen LogP contribution in [0.25, 0.3) is 4.91 Å². The van der Waals surface area contributed by atoms with Crippen molar-refractivity contribution in [1.82, 2.24) is 4.98 Å². The Morgan fingerprint density at radius 1 is 1.26 bits per heavy atom. The van der Waals surface area contributed by atoms with Crippen molar-refractivity contribution < 1.29 is 17.9 Å². The van der Waals surface area contributed by atoms with Crippen molar-refractivity contribution in [2.45, 2.75) is 18.6 Å². The third kappa shape index (κ3) is 4.26. The highest BCUT2D eigenvalue weighted by Crippen LogP contribution is 2.44. The lowest BCUT2D eigenvalue weighted by atomic mass is 10.2. The van der Waals surface area contributed by atoms with E-state index < -0.39 is 18.3 Å². The lowest BCUT2D eigenvalue weighted by Gasteiger charge is -2.23. The van der Waals surface area contributed by atoms with Gasteiger partial charge in [-0.2, -0.15) is 13.2 Å². The molecule has 0 spiro atoms. The van der Waals surface area contributed by atoms with Crippen molar-refractivity contribution in [2.75, 3.05) is 11.5 Å². The number of pyridine rings is 1. The maximum absolute atomic E-state index is 12.4. The van der Waals surface area contributed by atoms with Crippen LogP contribution in [0.2, 0.25) is 5.02 Å². The van der Waals surface area contributed by atoms with Crippen LogP contribution in [0.3, 0.4) is 0 Å². The SMILES string of the molecule is Cc1c(OCC(F)(F)F)ccnc1C1=C(N)N(c2ccc(Cl)cc2)C(N)S1. The van der Waals surface area contributed by atoms with Gasteiger partial charge in [-0.05, 0) is 37.3 Å². The van der Waals surface area contributed by atoms with Gasteiger partial charge in [-0.1, -0.05) is 23.4 Å². The fraction of sp³-hybridized carbons (Fsp3) is 0.235. The van der Waals surface area contributed by atoms with Crippen LogP contribution >= 0.6 is 23.4 Å². The molecule has 27 heavy (non-hydrogen) atoms. The number of hydrogen-bond acceptors (Lipinski definition) is 6. The summed E-state index contributed by atoms with van der Waals surface area (Å²) in [5, 5.41) is 0.578. The summed E-state index contributed by atoms with van der Waals surface area (Å²) < 4.78 is 42.2. The van der Waals surface area contributed by atoms with E-state index in [1.807, 2.05) is 0 Å². The molecule has 1 aliphatic rings. The fourth-order valence-electron chi connectivity index (χ4n) is 2.61. The van der Waals surface area contributed by atoms with Crippen molar-refractivity contribution in [3.8, 4) is 5.75 Å². The second-order valence-electron chi connectivity index (χ2n) is 5.76. The summed E-state index contributed by atoms with van der Waals surface area (Å²) >= 11 is 7.18. The van der Waals surface area contributed by atoms with Gasteiger partial charge in [0.05, 0.1) is 10.6 Å². The Balaban J connectivity index is 1.95. The van der Waals surface area contributed by atoms with Gasteiger partial charge < -0.3 is 21.1 Å². The zero-order valence-electron chi connectivity index (χ0n) is 14.1. The molecule has 0 amide bonds. The third-order valence-electron chi connectivity index (χ3n) is 3.85. The van der Waals surface area contributed by atoms with Crippen molar-refractivity contribution in [3.63, 3.8) is 0 Å². The molecule has 3 rings (SSSR count). The zero-order chi connectivity index (χ0) is 19.8. The molecule has 0 fully saturated rings. The minimum atomic E-state index is -4.43. The molecule has 5 nitrogen and oxygen atoms in total. The zero-order valence-corrected chi connectivity index (χ0v) is 15.7. The van der Waals surface area contributed by atoms with Crippen LogP contribution in [-0.2, 0) is 0 Å². The summed E-state index contributed by atoms with van der Waals surface area (Å²) in [5.41, 5.74) is 13.6. The van der Waals surface area contributed by atoms with Gasteiger partial charge >= 0.3 is 6.18 Å². The number of rotatable bonds is 4. The first-order chi connectivity index (χ1) is 12.7. The first-order valence-corrected chi connectivity index (χ1v) is 9.05. The molecule has 144 valence electrons. The normalized spacial score (nSPS) is 17.6. The second-order valence-corrected chi connectivity index (χ2v) is 7.32. The minimum Gasteiger partial charge on any atom is -0.484 e. The van der Waals surface area contributed by atoms with E-state index >= 15 is 0 Å². The monoisotopic (exact) mass is 416 g/mol. The quantitative estimate of drug-likeness (QED) is 0.782. The maximum atomic E-state index is 12.4. The average Bonchev–Trinajstić information content (AvgIpc) is 2.89. The van der Waals surface area contributed by atoms with Crippen molar-refractivity contribution in [2.24, 2.45) is 11.5 Å². The molecule has 4 N–H and O–H groups in total. The lowest BCUT2D eigenvalue weighted by molar-refractivity contribution is -0.153. The molecule has 1 unspecified atom stereocenters. The number of nitrogens with two attached hydrogens (primary N) is 2. The second kappa shape index (κ2) is 7.49. The van der Waals surface area contributed by atoms with Gasteiger partial charge in [0.25, 0.3) is 0 Å². The van der Waals surface area contributed by atoms with E-state index in [9.17, 15) is 13.2 Å². The predicted molar refractivity (Wildman–Crippen MR) is 101 cm³/mol. The Hall–Kier alpha value is -2.10. The van der Waals surface area contributed by atoms with Gasteiger partial charge in [-0.3, -0.25) is 4.98 Å². The van der Waals surface area contributed by atoms with Gasteiger partial charge in [0.15, 0.2) is 6.61 Å². The van der Waals surface area contributed by atoms with E-state index in [0.717, 1.165) is 5.69 Å². The molecule has 0 radical (unpaired) electrons. The summed E-state index contributed by atoms with van der Waals surface area (Å²) in [6, 6.07) is 8.38. The van der Waals surface area contributed by atoms with E-state index in [1.165, 1.54) is 24.0 Å². The maximum Gasteiger partial charge on any atom is 0.422 e. The van der Waals surface area contributed by atoms with Gasteiger partial charge in [-0.25, -0.2) is 0 Å². The average molecular weight is 417 g/mol. The van der Waals surface area contributed by atoms with E-state index in [-0.39, 0.29) is 5.75 Å². The molecule has 1 aromatic heterocycles. The van der Waals surface area contributed by atoms with Gasteiger partial charge in [-0.15, -0.1) is 0 Å². The summed E-state index contributed by atoms with van der Waals surface area (Å²) in [6.45, 7) is 0.251. The minimum absolute atomic E-state index is 0.0942. The number of halogens is 4. The van der Waals surface area contributed by atoms with E-state index in [1.54, 1.807) is 36.1 Å². The molecule has 1 aliphatic heterocycles. The Bertz CT molecular complexity index is 873. The van der Waals surface area contributed by atoms with Gasteiger partial charge in [0.2, 0.25) is 0 Å². The number of alkyl halides is 3. The van der Waals surface area contributed by atoms with E-state index in [4.69, 9.17) is 27.8 Å². The number of ether oxygens (including phenoxy) is 1. The molecule has 10 heteroatoms. The Labute approximate surface area is 163 Å². The topological polar surface area (TPSA) is 77.4 Å². The first kappa shape index (κ1) is 19.7. The molecule has 0 saturated carbocycles. The number of anilines is 1. The summed E-state index contributed by atoms with van der Waals surface area (Å²) in [4.78, 5) is 6.55. The molecular weight excluding hydrogens is 401 g/mol. The highest BCUT2D eigenvalue weighted by atomic mass is 35.5. The van der Waals surface area contributed by atoms with Crippen LogP contribution in [0.15, 0.2) is 42.3 Å². The predicted octanol–water partition coefficient (Wildman–Crippen LogP) is 4.07. The van der Waals surface area contributed by atoms with Crippen LogP contribution < -0.4 is 21.1 Å². The molecule has 1 aromatic carbocycles. The molecule has 0 saturated heterocycles. The smallest absolute Gasteiger partial charge is 0.422 e. The molecule has 1 atom stereocenters. The number of hydrogen-bond donors (Lipinski definition) is 2. The molecule has 0 aliphatic carbocycles. The first-order valence-electron chi connectivity index (χ1n) is 7.79. The number of benzene rings is 1. The van der Waals surface area contributed by atoms with Crippen molar-refractivity contribution >= 4 is 34.0 Å². The third-order valence-corrected chi connectivity index (χ3v) is 5.19. The summed E-state index contributed by atoms with van der Waals surface area (Å²) in [6.07, 6.45) is -3.05. The number of thioether (sulfide) groups is 1. The molecular formula is C17H16ClF3N4OS. The van der Waals surface area contributed by atoms with Gasteiger partial charge in [0, 0.05) is 22.5 Å². The summed E-state index contributed by atoms with van der Waals surface area (Å²) in [5.74, 6) is 0.454. The standard InChI is InChI=1S/C17H16ClF3N4OS/c1-9-12(26-8-17(19,20)21)6-7-24-13(9)14-15(22)25(16(23)27-14)11-4-2-10(18)3-5-11/h2-7,16H,8,22-23H2,1H3. The van der Waals surface area contributed by atoms with E-state index in [2.05, 4.69) is 4.98 Å². The van der Waals surface area contributed by atoms with Crippen molar-refractivity contribution in [1.29, 1.82) is 0 Å². The Kier molecular flexibility index (Phi) is 5.45. The van der Waals surface area contributed by atoms with Crippen LogP contribution in [0, 0.1) is 6.92 Å². The molecule has 0 bridgehead atoms. The van der Waals surface area contributed by atoms with Crippen LogP contribution in [0.5, 0.6) is 5.75 Å².